The van der Waals surface area contributed by atoms with Crippen molar-refractivity contribution >= 4 is 24.2 Å². The van der Waals surface area contributed by atoms with Crippen molar-refractivity contribution in [3.05, 3.63) is 22.7 Å². The second kappa shape index (κ2) is 3.70. The second-order valence-electron chi connectivity index (χ2n) is 2.24. The van der Waals surface area contributed by atoms with Crippen LogP contribution in [-0.4, -0.2) is 5.11 Å². The zero-order chi connectivity index (χ0) is 9.14. The third kappa shape index (κ3) is 1.66. The van der Waals surface area contributed by atoms with Gasteiger partial charge in [-0.05, 0) is 11.6 Å². The zero-order valence-corrected chi connectivity index (χ0v) is 7.73. The van der Waals surface area contributed by atoms with Gasteiger partial charge >= 0.3 is 0 Å². The summed E-state index contributed by atoms with van der Waals surface area (Å²) < 4.78 is 0. The van der Waals surface area contributed by atoms with E-state index in [-0.39, 0.29) is 12.2 Å². The molecule has 0 saturated carbocycles. The molecule has 1 aromatic rings. The molecule has 1 N–H and O–H groups in total. The molecule has 1 rings (SSSR count). The molecule has 0 aromatic heterocycles. The molecule has 0 aliphatic carbocycles. The molecule has 1 aromatic carbocycles. The predicted molar refractivity (Wildman–Crippen MR) is 49.7 cm³/mol. The molecule has 0 aliphatic rings. The molecule has 2 nitrogen and oxygen atoms in total. The monoisotopic (exact) mass is 199 g/mol. The quantitative estimate of drug-likeness (QED) is 0.683. The largest absolute Gasteiger partial charge is 0.507 e. The third-order valence-electron chi connectivity index (χ3n) is 1.44. The number of rotatable bonds is 1. The minimum Gasteiger partial charge on any atom is -0.507 e. The summed E-state index contributed by atoms with van der Waals surface area (Å²) in [5.74, 6) is 0.0324. The van der Waals surface area contributed by atoms with E-state index in [1.165, 1.54) is 6.07 Å². The van der Waals surface area contributed by atoms with Crippen LogP contribution in [0.1, 0.15) is 5.56 Å². The highest BCUT2D eigenvalue weighted by Gasteiger charge is 2.06. The number of halogens is 1. The lowest BCUT2D eigenvalue weighted by atomic mass is 10.1. The van der Waals surface area contributed by atoms with Crippen molar-refractivity contribution in [2.45, 2.75) is 11.3 Å². The van der Waals surface area contributed by atoms with Crippen LogP contribution in [-0.2, 0) is 6.42 Å². The molecule has 0 unspecified atom stereocenters. The Morgan fingerprint density at radius 3 is 2.83 bits per heavy atom. The highest BCUT2D eigenvalue weighted by atomic mass is 35.5. The molecule has 4 heteroatoms. The fraction of sp³-hybridized carbons (Fsp3) is 0.125. The molecule has 0 bridgehead atoms. The Morgan fingerprint density at radius 2 is 2.25 bits per heavy atom. The lowest BCUT2D eigenvalue weighted by molar-refractivity contribution is 0.462. The molecule has 0 aliphatic heterocycles. The summed E-state index contributed by atoms with van der Waals surface area (Å²) in [5, 5.41) is 17.9. The van der Waals surface area contributed by atoms with E-state index in [1.807, 2.05) is 6.07 Å². The van der Waals surface area contributed by atoms with Gasteiger partial charge in [0.2, 0.25) is 0 Å². The molecule has 0 radical (unpaired) electrons. The number of aromatic hydroxyl groups is 1. The maximum atomic E-state index is 9.15. The first kappa shape index (κ1) is 9.24. The number of phenolic OH excluding ortho intramolecular Hbond substituents is 1. The average molecular weight is 200 g/mol. The van der Waals surface area contributed by atoms with Gasteiger partial charge in [0, 0.05) is 0 Å². The van der Waals surface area contributed by atoms with Crippen LogP contribution in [0, 0.1) is 11.3 Å². The van der Waals surface area contributed by atoms with Gasteiger partial charge in [0.25, 0.3) is 0 Å². The van der Waals surface area contributed by atoms with E-state index in [4.69, 9.17) is 22.0 Å². The maximum Gasteiger partial charge on any atom is 0.130 e. The normalized spacial score (nSPS) is 9.42. The lowest BCUT2D eigenvalue weighted by Crippen LogP contribution is -1.84. The molecule has 0 atom stereocenters. The fourth-order valence-corrected chi connectivity index (χ4v) is 1.26. The van der Waals surface area contributed by atoms with Crippen LogP contribution >= 0.6 is 24.2 Å². The van der Waals surface area contributed by atoms with Crippen molar-refractivity contribution < 1.29 is 5.11 Å². The number of benzene rings is 1. The van der Waals surface area contributed by atoms with E-state index < -0.39 is 0 Å². The first-order chi connectivity index (χ1) is 5.66. The van der Waals surface area contributed by atoms with Gasteiger partial charge in [0.15, 0.2) is 0 Å². The van der Waals surface area contributed by atoms with Gasteiger partial charge in [0.1, 0.15) is 5.75 Å². The van der Waals surface area contributed by atoms with E-state index >= 15 is 0 Å². The number of phenols is 1. The van der Waals surface area contributed by atoms with E-state index in [9.17, 15) is 0 Å². The van der Waals surface area contributed by atoms with Crippen LogP contribution in [0.2, 0.25) is 5.02 Å². The number of nitrogens with zero attached hydrogens (tertiary/aromatic N) is 1. The first-order valence-electron chi connectivity index (χ1n) is 3.23. The second-order valence-corrected chi connectivity index (χ2v) is 3.07. The molecular formula is C8H6ClNOS. The summed E-state index contributed by atoms with van der Waals surface area (Å²) in [6.07, 6.45) is 0.229. The standard InChI is InChI=1S/C8H6ClNOS/c9-7-5(3-4-10)1-2-6(11)8(7)12/h1-2,11-12H,3H2. The maximum absolute atomic E-state index is 9.15. The van der Waals surface area contributed by atoms with Crippen molar-refractivity contribution in [3.8, 4) is 11.8 Å². The Morgan fingerprint density at radius 1 is 1.58 bits per heavy atom. The van der Waals surface area contributed by atoms with Crippen LogP contribution in [0.3, 0.4) is 0 Å². The number of nitriles is 1. The molecule has 0 saturated heterocycles. The van der Waals surface area contributed by atoms with Crippen molar-refractivity contribution in [1.82, 2.24) is 0 Å². The Bertz CT molecular complexity index is 346. The van der Waals surface area contributed by atoms with Crippen molar-refractivity contribution in [2.75, 3.05) is 0 Å². The average Bonchev–Trinajstić information content (AvgIpc) is 2.07. The van der Waals surface area contributed by atoms with E-state index in [0.29, 0.717) is 15.5 Å². The predicted octanol–water partition coefficient (Wildman–Crippen LogP) is 2.40. The summed E-state index contributed by atoms with van der Waals surface area (Å²) >= 11 is 9.77. The van der Waals surface area contributed by atoms with Gasteiger partial charge in [-0.3, -0.25) is 0 Å². The summed E-state index contributed by atoms with van der Waals surface area (Å²) in [5.41, 5.74) is 0.682. The van der Waals surface area contributed by atoms with Gasteiger partial charge < -0.3 is 5.11 Å². The Kier molecular flexibility index (Phi) is 2.85. The minimum absolute atomic E-state index is 0.0324. The summed E-state index contributed by atoms with van der Waals surface area (Å²) in [6, 6.07) is 5.06. The van der Waals surface area contributed by atoms with Crippen LogP contribution in [0.4, 0.5) is 0 Å². The lowest BCUT2D eigenvalue weighted by Gasteiger charge is -2.03. The number of thiol groups is 1. The summed E-state index contributed by atoms with van der Waals surface area (Å²) in [4.78, 5) is 0.324. The molecule has 0 amide bonds. The van der Waals surface area contributed by atoms with Crippen molar-refractivity contribution in [1.29, 1.82) is 5.26 Å². The van der Waals surface area contributed by atoms with Gasteiger partial charge in [-0.25, -0.2) is 0 Å². The van der Waals surface area contributed by atoms with Gasteiger partial charge in [0.05, 0.1) is 22.4 Å². The summed E-state index contributed by atoms with van der Waals surface area (Å²) in [6.45, 7) is 0. The van der Waals surface area contributed by atoms with Crippen molar-refractivity contribution in [3.63, 3.8) is 0 Å². The number of hydrogen-bond acceptors (Lipinski definition) is 3. The summed E-state index contributed by atoms with van der Waals surface area (Å²) in [7, 11) is 0. The molecule has 12 heavy (non-hydrogen) atoms. The Labute approximate surface area is 80.8 Å². The van der Waals surface area contributed by atoms with E-state index in [2.05, 4.69) is 12.6 Å². The SMILES string of the molecule is N#CCc1ccc(O)c(S)c1Cl. The molecular weight excluding hydrogens is 194 g/mol. The van der Waals surface area contributed by atoms with Crippen LogP contribution in [0.25, 0.3) is 0 Å². The topological polar surface area (TPSA) is 44.0 Å². The smallest absolute Gasteiger partial charge is 0.130 e. The molecule has 0 heterocycles. The van der Waals surface area contributed by atoms with Crippen LogP contribution < -0.4 is 0 Å². The van der Waals surface area contributed by atoms with Crippen LogP contribution in [0.15, 0.2) is 17.0 Å². The molecule has 62 valence electrons. The zero-order valence-electron chi connectivity index (χ0n) is 6.08. The Balaban J connectivity index is 3.19. The first-order valence-corrected chi connectivity index (χ1v) is 4.05. The van der Waals surface area contributed by atoms with Crippen LogP contribution in [0.5, 0.6) is 5.75 Å². The van der Waals surface area contributed by atoms with Gasteiger partial charge in [-0.2, -0.15) is 5.26 Å². The Hall–Kier alpha value is -0.850. The van der Waals surface area contributed by atoms with E-state index in [0.717, 1.165) is 0 Å². The highest BCUT2D eigenvalue weighted by molar-refractivity contribution is 7.80. The third-order valence-corrected chi connectivity index (χ3v) is 2.46. The van der Waals surface area contributed by atoms with Gasteiger partial charge in [-0.1, -0.05) is 17.7 Å². The minimum atomic E-state index is 0.0324. The van der Waals surface area contributed by atoms with Crippen molar-refractivity contribution in [2.24, 2.45) is 0 Å². The highest BCUT2D eigenvalue weighted by Crippen LogP contribution is 2.32. The fourth-order valence-electron chi connectivity index (χ4n) is 0.818. The van der Waals surface area contributed by atoms with E-state index in [1.54, 1.807) is 6.07 Å². The number of hydrogen-bond donors (Lipinski definition) is 2. The molecule has 0 spiro atoms. The molecule has 0 fully saturated rings. The van der Waals surface area contributed by atoms with Gasteiger partial charge in [-0.15, -0.1) is 12.6 Å².